The maximum absolute atomic E-state index is 12.7. The Hall–Kier alpha value is -3.36. The minimum absolute atomic E-state index is 0.0424. The van der Waals surface area contributed by atoms with Crippen molar-refractivity contribution in [3.63, 3.8) is 0 Å². The molecule has 3 aromatic heterocycles. The highest BCUT2D eigenvalue weighted by atomic mass is 16.3. The van der Waals surface area contributed by atoms with E-state index in [1.54, 1.807) is 18.0 Å². The predicted molar refractivity (Wildman–Crippen MR) is 82.3 cm³/mol. The molecular weight excluding hydrogens is 310 g/mol. The first-order valence-electron chi connectivity index (χ1n) is 7.24. The predicted octanol–water partition coefficient (Wildman–Crippen LogP) is 0.968. The van der Waals surface area contributed by atoms with E-state index in [-0.39, 0.29) is 17.4 Å². The molecule has 0 aromatic carbocycles. The van der Waals surface area contributed by atoms with Gasteiger partial charge in [0.15, 0.2) is 11.5 Å². The first-order valence-corrected chi connectivity index (χ1v) is 7.24. The fourth-order valence-corrected chi connectivity index (χ4v) is 2.63. The van der Waals surface area contributed by atoms with Gasteiger partial charge < -0.3 is 15.1 Å². The van der Waals surface area contributed by atoms with Gasteiger partial charge in [-0.3, -0.25) is 4.79 Å². The van der Waals surface area contributed by atoms with Crippen LogP contribution in [-0.4, -0.2) is 35.7 Å². The first kappa shape index (κ1) is 14.2. The summed E-state index contributed by atoms with van der Waals surface area (Å²) >= 11 is 0. The van der Waals surface area contributed by atoms with Gasteiger partial charge in [-0.2, -0.15) is 0 Å². The van der Waals surface area contributed by atoms with Crippen LogP contribution in [0.15, 0.2) is 29.4 Å². The third kappa shape index (κ3) is 2.26. The van der Waals surface area contributed by atoms with E-state index in [0.29, 0.717) is 30.4 Å². The van der Waals surface area contributed by atoms with Crippen LogP contribution >= 0.6 is 0 Å². The highest BCUT2D eigenvalue weighted by molar-refractivity contribution is 5.97. The summed E-state index contributed by atoms with van der Waals surface area (Å²) in [7, 11) is 0. The van der Waals surface area contributed by atoms with Crippen molar-refractivity contribution in [2.45, 2.75) is 20.0 Å². The number of carbonyl (C=O) groups is 1. The van der Waals surface area contributed by atoms with Crippen LogP contribution in [0.25, 0.3) is 11.6 Å². The first-order chi connectivity index (χ1) is 11.6. The molecule has 0 saturated carbocycles. The molecule has 0 saturated heterocycles. The van der Waals surface area contributed by atoms with E-state index in [2.05, 4.69) is 24.9 Å². The third-order valence-corrected chi connectivity index (χ3v) is 3.80. The van der Waals surface area contributed by atoms with E-state index in [0.717, 1.165) is 11.3 Å². The van der Waals surface area contributed by atoms with Gasteiger partial charge in [0.1, 0.15) is 18.3 Å². The number of hydrogen-bond acceptors (Lipinski definition) is 8. The molecule has 3 aromatic rings. The van der Waals surface area contributed by atoms with E-state index in [1.807, 2.05) is 0 Å². The lowest BCUT2D eigenvalue weighted by molar-refractivity contribution is 0.0745. The molecule has 1 aliphatic heterocycles. The molecule has 1 amide bonds. The minimum Gasteiger partial charge on any atom is -0.443 e. The number of nitrogens with zero attached hydrogens (tertiary/aromatic N) is 6. The van der Waals surface area contributed by atoms with Gasteiger partial charge in [0.05, 0.1) is 24.1 Å². The molecule has 120 valence electrons. The van der Waals surface area contributed by atoms with Crippen LogP contribution in [0.5, 0.6) is 0 Å². The molecule has 9 nitrogen and oxygen atoms in total. The summed E-state index contributed by atoms with van der Waals surface area (Å²) in [5.74, 6) is 0.0652. The van der Waals surface area contributed by atoms with Crippen molar-refractivity contribution in [3.05, 3.63) is 47.6 Å². The summed E-state index contributed by atoms with van der Waals surface area (Å²) in [4.78, 5) is 35.1. The van der Waals surface area contributed by atoms with Gasteiger partial charge in [0, 0.05) is 18.3 Å². The molecule has 0 radical (unpaired) electrons. The Kier molecular flexibility index (Phi) is 3.19. The van der Waals surface area contributed by atoms with Crippen LogP contribution in [0.1, 0.15) is 27.4 Å². The Morgan fingerprint density at radius 2 is 2.17 bits per heavy atom. The lowest BCUT2D eigenvalue weighted by Gasteiger charge is -2.16. The number of nitrogens with two attached hydrogens (primary N) is 1. The Morgan fingerprint density at radius 1 is 1.29 bits per heavy atom. The molecule has 0 spiro atoms. The number of nitrogen functional groups attached to an aromatic ring is 1. The van der Waals surface area contributed by atoms with Crippen LogP contribution in [0, 0.1) is 6.92 Å². The SMILES string of the molecule is Cc1nc(C(=O)N2Cc3cncnc3C2)c(N)nc1-c1ncco1. The number of aryl methyl sites for hydroxylation is 1. The van der Waals surface area contributed by atoms with Crippen LogP contribution in [0.4, 0.5) is 5.82 Å². The lowest BCUT2D eigenvalue weighted by atomic mass is 10.2. The minimum atomic E-state index is -0.292. The van der Waals surface area contributed by atoms with E-state index in [1.165, 1.54) is 18.8 Å². The zero-order chi connectivity index (χ0) is 16.7. The summed E-state index contributed by atoms with van der Waals surface area (Å²) in [6.07, 6.45) is 6.13. The van der Waals surface area contributed by atoms with Gasteiger partial charge in [-0.25, -0.2) is 24.9 Å². The molecule has 1 aliphatic rings. The van der Waals surface area contributed by atoms with Crippen molar-refractivity contribution in [1.29, 1.82) is 0 Å². The van der Waals surface area contributed by atoms with Gasteiger partial charge in [0.2, 0.25) is 5.89 Å². The lowest BCUT2D eigenvalue weighted by Crippen LogP contribution is -2.28. The molecule has 0 fully saturated rings. The summed E-state index contributed by atoms with van der Waals surface area (Å²) in [6, 6.07) is 0. The summed E-state index contributed by atoms with van der Waals surface area (Å²) in [5.41, 5.74) is 8.76. The standard InChI is InChI=1S/C15H13N7O2/c1-8-11(14-18-2-3-24-14)21-13(16)12(20-8)15(23)22-5-9-4-17-7-19-10(9)6-22/h2-4,7H,5-6H2,1H3,(H2,16,21). The molecule has 0 aliphatic carbocycles. The van der Waals surface area contributed by atoms with Gasteiger partial charge in [-0.15, -0.1) is 0 Å². The van der Waals surface area contributed by atoms with Crippen molar-refractivity contribution >= 4 is 11.7 Å². The van der Waals surface area contributed by atoms with E-state index >= 15 is 0 Å². The van der Waals surface area contributed by atoms with Gasteiger partial charge in [-0.05, 0) is 6.92 Å². The van der Waals surface area contributed by atoms with Crippen molar-refractivity contribution in [1.82, 2.24) is 29.8 Å². The number of hydrogen-bond donors (Lipinski definition) is 1. The second kappa shape index (κ2) is 5.37. The molecule has 0 unspecified atom stereocenters. The Labute approximate surface area is 136 Å². The van der Waals surface area contributed by atoms with Crippen LogP contribution in [0.3, 0.4) is 0 Å². The Bertz CT molecular complexity index is 899. The molecule has 4 heterocycles. The number of amides is 1. The molecule has 0 bridgehead atoms. The number of fused-ring (bicyclic) bond motifs is 1. The number of oxazole rings is 1. The highest BCUT2D eigenvalue weighted by Crippen LogP contribution is 2.25. The smallest absolute Gasteiger partial charge is 0.276 e. The monoisotopic (exact) mass is 323 g/mol. The number of aromatic nitrogens is 5. The summed E-state index contributed by atoms with van der Waals surface area (Å²) in [5, 5.41) is 0. The molecular formula is C15H13N7O2. The Balaban J connectivity index is 1.65. The molecule has 24 heavy (non-hydrogen) atoms. The fourth-order valence-electron chi connectivity index (χ4n) is 2.63. The average Bonchev–Trinajstić information content (AvgIpc) is 3.25. The Morgan fingerprint density at radius 3 is 2.92 bits per heavy atom. The van der Waals surface area contributed by atoms with Crippen molar-refractivity contribution in [2.75, 3.05) is 5.73 Å². The fraction of sp³-hybridized carbons (Fsp3) is 0.200. The highest BCUT2D eigenvalue weighted by Gasteiger charge is 2.28. The van der Waals surface area contributed by atoms with E-state index in [9.17, 15) is 4.79 Å². The normalized spacial score (nSPS) is 13.1. The third-order valence-electron chi connectivity index (χ3n) is 3.80. The van der Waals surface area contributed by atoms with Gasteiger partial charge in [0.25, 0.3) is 5.91 Å². The van der Waals surface area contributed by atoms with Crippen molar-refractivity contribution in [2.24, 2.45) is 0 Å². The van der Waals surface area contributed by atoms with Crippen molar-refractivity contribution in [3.8, 4) is 11.6 Å². The topological polar surface area (TPSA) is 124 Å². The summed E-state index contributed by atoms with van der Waals surface area (Å²) < 4.78 is 5.22. The van der Waals surface area contributed by atoms with Crippen LogP contribution in [-0.2, 0) is 13.1 Å². The van der Waals surface area contributed by atoms with Crippen LogP contribution < -0.4 is 5.73 Å². The number of rotatable bonds is 2. The summed E-state index contributed by atoms with van der Waals surface area (Å²) in [6.45, 7) is 2.56. The molecule has 4 rings (SSSR count). The zero-order valence-electron chi connectivity index (χ0n) is 12.8. The van der Waals surface area contributed by atoms with E-state index in [4.69, 9.17) is 10.2 Å². The van der Waals surface area contributed by atoms with Crippen molar-refractivity contribution < 1.29 is 9.21 Å². The molecule has 9 heteroatoms. The second-order valence-corrected chi connectivity index (χ2v) is 5.38. The second-order valence-electron chi connectivity index (χ2n) is 5.38. The van der Waals surface area contributed by atoms with Gasteiger partial charge in [-0.1, -0.05) is 0 Å². The van der Waals surface area contributed by atoms with Gasteiger partial charge >= 0.3 is 0 Å². The maximum atomic E-state index is 12.7. The quantitative estimate of drug-likeness (QED) is 0.739. The van der Waals surface area contributed by atoms with E-state index < -0.39 is 0 Å². The number of anilines is 1. The average molecular weight is 323 g/mol. The van der Waals surface area contributed by atoms with Crippen LogP contribution in [0.2, 0.25) is 0 Å². The molecule has 2 N–H and O–H groups in total. The zero-order valence-corrected chi connectivity index (χ0v) is 12.8. The maximum Gasteiger partial charge on any atom is 0.276 e. The number of carbonyl (C=O) groups excluding carboxylic acids is 1. The molecule has 0 atom stereocenters. The largest absolute Gasteiger partial charge is 0.443 e.